The van der Waals surface area contributed by atoms with Crippen LogP contribution in [0.3, 0.4) is 0 Å². The van der Waals surface area contributed by atoms with E-state index in [9.17, 15) is 9.18 Å². The molecule has 3 heterocycles. The molecule has 0 bridgehead atoms. The quantitative estimate of drug-likeness (QED) is 0.131. The number of halogens is 1. The molecule has 3 aliphatic rings. The average Bonchev–Trinajstić information content (AvgIpc) is 3.14. The minimum Gasteiger partial charge on any atom is -0.484 e. The number of amides is 2. The van der Waals surface area contributed by atoms with Crippen molar-refractivity contribution in [1.29, 1.82) is 10.8 Å². The first-order valence-corrected chi connectivity index (χ1v) is 18.9. The number of aromatic nitrogens is 1. The predicted octanol–water partition coefficient (Wildman–Crippen LogP) is 7.04. The largest absolute Gasteiger partial charge is 0.484 e. The number of urea groups is 1. The lowest BCUT2D eigenvalue weighted by Crippen LogP contribution is -2.43. The Hall–Kier alpha value is -4.97. The number of alkyl halides is 1. The molecule has 2 amide bonds. The van der Waals surface area contributed by atoms with Gasteiger partial charge in [-0.1, -0.05) is 57.2 Å². The first-order valence-electron chi connectivity index (χ1n) is 18.9. The van der Waals surface area contributed by atoms with Gasteiger partial charge in [-0.25, -0.2) is 14.2 Å². The highest BCUT2D eigenvalue weighted by Gasteiger charge is 2.30. The van der Waals surface area contributed by atoms with Gasteiger partial charge < -0.3 is 20.7 Å². The first kappa shape index (κ1) is 37.8. The van der Waals surface area contributed by atoms with Gasteiger partial charge in [-0.2, -0.15) is 0 Å². The number of nitrogens with one attached hydrogen (secondary N) is 4. The monoisotopic (exact) mass is 723 g/mol. The van der Waals surface area contributed by atoms with E-state index in [2.05, 4.69) is 15.5 Å². The second kappa shape index (κ2) is 16.8. The summed E-state index contributed by atoms with van der Waals surface area (Å²) in [6, 6.07) is 18.7. The van der Waals surface area contributed by atoms with Gasteiger partial charge in [0.15, 0.2) is 0 Å². The highest BCUT2D eigenvalue weighted by Crippen LogP contribution is 2.38. The second-order valence-corrected chi connectivity index (χ2v) is 15.4. The third kappa shape index (κ3) is 9.92. The maximum Gasteiger partial charge on any atom is 0.320 e. The van der Waals surface area contributed by atoms with Crippen LogP contribution >= 0.6 is 0 Å². The molecule has 2 atom stereocenters. The number of pyridine rings is 1. The van der Waals surface area contributed by atoms with Crippen molar-refractivity contribution in [3.8, 4) is 5.75 Å². The average molecular weight is 724 g/mol. The lowest BCUT2D eigenvalue weighted by Gasteiger charge is -2.33. The van der Waals surface area contributed by atoms with E-state index < -0.39 is 12.2 Å². The molecular formula is C41H54FN9O2. The highest BCUT2D eigenvalue weighted by atomic mass is 19.1. The number of amidine groups is 1. The van der Waals surface area contributed by atoms with Gasteiger partial charge in [0.05, 0.1) is 17.9 Å². The van der Waals surface area contributed by atoms with E-state index in [1.807, 2.05) is 74.2 Å². The van der Waals surface area contributed by atoms with Crippen LogP contribution in [-0.4, -0.2) is 64.5 Å². The summed E-state index contributed by atoms with van der Waals surface area (Å²) >= 11 is 0. The van der Waals surface area contributed by atoms with E-state index in [1.54, 1.807) is 29.0 Å². The molecule has 1 aromatic heterocycles. The molecule has 6 N–H and O–H groups in total. The normalized spacial score (nSPS) is 20.4. The summed E-state index contributed by atoms with van der Waals surface area (Å²) in [6.45, 7) is 9.83. The third-order valence-corrected chi connectivity index (χ3v) is 10.3. The fourth-order valence-corrected chi connectivity index (χ4v) is 7.12. The molecule has 1 aliphatic carbocycles. The van der Waals surface area contributed by atoms with Crippen molar-refractivity contribution in [3.05, 3.63) is 101 Å². The lowest BCUT2D eigenvalue weighted by atomic mass is 9.85. The summed E-state index contributed by atoms with van der Waals surface area (Å²) in [6.07, 6.45) is 8.15. The summed E-state index contributed by atoms with van der Waals surface area (Å²) in [7, 11) is 0. The van der Waals surface area contributed by atoms with E-state index in [4.69, 9.17) is 26.3 Å². The van der Waals surface area contributed by atoms with Gasteiger partial charge in [-0.05, 0) is 85.9 Å². The number of allylic oxidation sites excluding steroid dienone is 1. The molecule has 2 aliphatic heterocycles. The van der Waals surface area contributed by atoms with Gasteiger partial charge in [0.2, 0.25) is 5.96 Å². The molecule has 2 unspecified atom stereocenters. The van der Waals surface area contributed by atoms with Crippen molar-refractivity contribution < 1.29 is 13.9 Å². The zero-order valence-corrected chi connectivity index (χ0v) is 31.2. The minimum absolute atomic E-state index is 0.233. The number of carbonyl (C=O) groups excluding carboxylic acids is 1. The minimum atomic E-state index is -0.717. The van der Waals surface area contributed by atoms with E-state index in [1.165, 1.54) is 6.42 Å². The first-order chi connectivity index (χ1) is 25.4. The Kier molecular flexibility index (Phi) is 12.0. The van der Waals surface area contributed by atoms with Crippen molar-refractivity contribution in [2.75, 3.05) is 26.2 Å². The van der Waals surface area contributed by atoms with Crippen molar-refractivity contribution >= 4 is 23.5 Å². The van der Waals surface area contributed by atoms with Gasteiger partial charge >= 0.3 is 6.03 Å². The van der Waals surface area contributed by atoms with Crippen LogP contribution in [0.5, 0.6) is 5.75 Å². The highest BCUT2D eigenvalue weighted by molar-refractivity contribution is 6.05. The summed E-state index contributed by atoms with van der Waals surface area (Å²) in [4.78, 5) is 22.8. The van der Waals surface area contributed by atoms with E-state index in [0.717, 1.165) is 55.7 Å². The van der Waals surface area contributed by atoms with E-state index in [0.29, 0.717) is 61.2 Å². The van der Waals surface area contributed by atoms with Gasteiger partial charge in [0, 0.05) is 49.9 Å². The number of piperidine rings is 2. The number of nitrogens with zero attached hydrogens (tertiary/aromatic N) is 4. The van der Waals surface area contributed by atoms with Gasteiger partial charge in [-0.3, -0.25) is 25.6 Å². The molecule has 53 heavy (non-hydrogen) atoms. The number of fused-ring (bicyclic) bond motifs is 1. The Balaban J connectivity index is 1.16. The topological polar surface area (TPSA) is 148 Å². The number of hydrogen-bond donors (Lipinski definition) is 5. The van der Waals surface area contributed by atoms with Crippen LogP contribution in [0.25, 0.3) is 0 Å². The number of carbonyl (C=O) groups is 1. The number of hydrogen-bond acceptors (Lipinski definition) is 7. The Morgan fingerprint density at radius 1 is 0.981 bits per heavy atom. The fourth-order valence-electron chi connectivity index (χ4n) is 7.12. The van der Waals surface area contributed by atoms with Crippen molar-refractivity contribution in [2.45, 2.75) is 90.6 Å². The maximum atomic E-state index is 13.7. The zero-order chi connectivity index (χ0) is 37.5. The van der Waals surface area contributed by atoms with Crippen LogP contribution < -0.4 is 26.6 Å². The van der Waals surface area contributed by atoms with Crippen LogP contribution in [-0.2, 0) is 6.54 Å². The Bertz CT molecular complexity index is 1880. The number of benzene rings is 2. The number of nitrogens with two attached hydrogens (primary N) is 1. The Labute approximate surface area is 312 Å². The molecule has 282 valence electrons. The summed E-state index contributed by atoms with van der Waals surface area (Å²) in [5, 5.41) is 23.4. The predicted molar refractivity (Wildman–Crippen MR) is 207 cm³/mol. The molecular weight excluding hydrogens is 670 g/mol. The molecule has 2 saturated heterocycles. The smallest absolute Gasteiger partial charge is 0.320 e. The van der Waals surface area contributed by atoms with Crippen molar-refractivity contribution in [2.24, 2.45) is 16.1 Å². The standard InChI is InChI=1S/C41H54FN9O2/c1-41(2,3)36(43)25-38(46-30-11-9-10-28(24-30)26-49-22-18-29(42)19-23-49)48-40(52)47-34-15-16-35(33-13-6-5-12-32(33)34)53-31-14-17-37(44)51(27-31)39(45)50-20-7-4-8-21-50/h5-6,9-14,17,24-25,27,29,34-35,44-45H,4,7-8,15-16,18-23,26,43H2,1-3H3,(H2,46,47,48,52)/b36-25-,44-37?,45-39?. The lowest BCUT2D eigenvalue weighted by molar-refractivity contribution is 0.145. The number of aliphatic imine (C=N–C) groups is 1. The van der Waals surface area contributed by atoms with E-state index >= 15 is 0 Å². The second-order valence-electron chi connectivity index (χ2n) is 15.4. The summed E-state index contributed by atoms with van der Waals surface area (Å²) in [5.74, 6) is 1.21. The van der Waals surface area contributed by atoms with E-state index in [-0.39, 0.29) is 23.0 Å². The van der Waals surface area contributed by atoms with Crippen LogP contribution in [0.15, 0.2) is 83.6 Å². The number of likely N-dealkylation sites (tertiary alicyclic amines) is 2. The molecule has 6 rings (SSSR count). The molecule has 2 fully saturated rings. The zero-order valence-electron chi connectivity index (χ0n) is 31.2. The summed E-state index contributed by atoms with van der Waals surface area (Å²) < 4.78 is 21.8. The van der Waals surface area contributed by atoms with Crippen LogP contribution in [0.2, 0.25) is 0 Å². The molecule has 3 aromatic rings. The molecule has 0 saturated carbocycles. The van der Waals surface area contributed by atoms with Crippen molar-refractivity contribution in [1.82, 2.24) is 25.0 Å². The van der Waals surface area contributed by atoms with Crippen LogP contribution in [0.1, 0.15) is 94.6 Å². The maximum absolute atomic E-state index is 13.7. The number of rotatable bonds is 7. The van der Waals surface area contributed by atoms with Gasteiger partial charge in [-0.15, -0.1) is 0 Å². The fraction of sp³-hybridized carbons (Fsp3) is 0.463. The van der Waals surface area contributed by atoms with Crippen LogP contribution in [0.4, 0.5) is 14.9 Å². The van der Waals surface area contributed by atoms with Gasteiger partial charge in [0.25, 0.3) is 0 Å². The molecule has 0 radical (unpaired) electrons. The molecule has 2 aromatic carbocycles. The van der Waals surface area contributed by atoms with Gasteiger partial charge in [0.1, 0.15) is 29.3 Å². The third-order valence-electron chi connectivity index (χ3n) is 10.3. The van der Waals surface area contributed by atoms with Crippen molar-refractivity contribution in [3.63, 3.8) is 0 Å². The molecule has 11 nitrogen and oxygen atoms in total. The Morgan fingerprint density at radius 3 is 2.45 bits per heavy atom. The summed E-state index contributed by atoms with van der Waals surface area (Å²) in [5.41, 5.74) is 10.7. The Morgan fingerprint density at radius 2 is 1.72 bits per heavy atom. The SMILES string of the molecule is CC(C)(C)/C(N)=C/C(=Nc1cccc(CN2CCC(F)CC2)c1)NC(=O)NC1CCC(Oc2ccc(=N)n(C(=N)N3CCCCC3)c2)c2ccccc21. The van der Waals surface area contributed by atoms with Crippen LogP contribution in [0, 0.1) is 16.2 Å². The molecule has 0 spiro atoms. The number of ether oxygens (including phenoxy) is 1. The molecule has 12 heteroatoms.